The number of aromatic nitrogens is 2. The highest BCUT2D eigenvalue weighted by molar-refractivity contribution is 5.34. The highest BCUT2D eigenvalue weighted by Crippen LogP contribution is 2.31. The van der Waals surface area contributed by atoms with Crippen molar-refractivity contribution < 1.29 is 9.47 Å². The summed E-state index contributed by atoms with van der Waals surface area (Å²) in [6.45, 7) is 2.78. The van der Waals surface area contributed by atoms with Crippen LogP contribution >= 0.6 is 0 Å². The second-order valence-electron chi connectivity index (χ2n) is 4.49. The van der Waals surface area contributed by atoms with Gasteiger partial charge in [-0.15, -0.1) is 0 Å². The van der Waals surface area contributed by atoms with Crippen LogP contribution in [0.15, 0.2) is 12.3 Å². The average Bonchev–Trinajstić information content (AvgIpc) is 2.87. The highest BCUT2D eigenvalue weighted by atomic mass is 16.7. The van der Waals surface area contributed by atoms with E-state index in [1.165, 1.54) is 0 Å². The average molecular weight is 246 g/mol. The Bertz CT molecular complexity index is 479. The maximum absolute atomic E-state index is 8.86. The zero-order chi connectivity index (χ0) is 12.4. The van der Waals surface area contributed by atoms with E-state index in [0.29, 0.717) is 31.4 Å². The molecule has 6 heteroatoms. The number of ether oxygens (including phenoxy) is 2. The minimum atomic E-state index is -0.496. The van der Waals surface area contributed by atoms with Crippen LogP contribution in [-0.4, -0.2) is 42.1 Å². The Morgan fingerprint density at radius 3 is 3.00 bits per heavy atom. The number of nitriles is 1. The summed E-state index contributed by atoms with van der Waals surface area (Å²) in [5, 5.41) is 8.86. The predicted molar refractivity (Wildman–Crippen MR) is 62.8 cm³/mol. The van der Waals surface area contributed by atoms with E-state index in [0.717, 1.165) is 19.4 Å². The molecule has 0 aliphatic carbocycles. The van der Waals surface area contributed by atoms with Gasteiger partial charge in [0.05, 0.1) is 19.8 Å². The Morgan fingerprint density at radius 2 is 2.22 bits per heavy atom. The van der Waals surface area contributed by atoms with E-state index in [9.17, 15) is 0 Å². The summed E-state index contributed by atoms with van der Waals surface area (Å²) >= 11 is 0. The Kier molecular flexibility index (Phi) is 2.86. The first-order valence-electron chi connectivity index (χ1n) is 6.07. The fraction of sp³-hybridized carbons (Fsp3) is 0.583. The minimum absolute atomic E-state index is 0.382. The van der Waals surface area contributed by atoms with Crippen LogP contribution in [0, 0.1) is 11.3 Å². The lowest BCUT2D eigenvalue weighted by Gasteiger charge is -2.38. The zero-order valence-corrected chi connectivity index (χ0v) is 10.0. The van der Waals surface area contributed by atoms with Crippen LogP contribution < -0.4 is 4.90 Å². The molecule has 0 atom stereocenters. The lowest BCUT2D eigenvalue weighted by Crippen LogP contribution is -2.49. The summed E-state index contributed by atoms with van der Waals surface area (Å²) in [6.07, 6.45) is 3.49. The molecule has 0 radical (unpaired) electrons. The molecule has 3 heterocycles. The molecule has 0 saturated carbocycles. The van der Waals surface area contributed by atoms with Gasteiger partial charge in [-0.05, 0) is 12.5 Å². The molecular formula is C12H14N4O2. The van der Waals surface area contributed by atoms with Crippen LogP contribution in [0.3, 0.4) is 0 Å². The lowest BCUT2D eigenvalue weighted by molar-refractivity contribution is -0.161. The maximum Gasteiger partial charge on any atom is 0.226 e. The van der Waals surface area contributed by atoms with Crippen molar-refractivity contribution in [2.45, 2.75) is 18.6 Å². The van der Waals surface area contributed by atoms with Gasteiger partial charge in [0.15, 0.2) is 5.79 Å². The van der Waals surface area contributed by atoms with Crippen LogP contribution in [0.1, 0.15) is 18.5 Å². The van der Waals surface area contributed by atoms with Crippen molar-refractivity contribution in [1.29, 1.82) is 5.26 Å². The van der Waals surface area contributed by atoms with Crippen molar-refractivity contribution in [2.75, 3.05) is 31.2 Å². The lowest BCUT2D eigenvalue weighted by atomic mass is 10.1. The third-order valence-electron chi connectivity index (χ3n) is 3.27. The third-order valence-corrected chi connectivity index (χ3v) is 3.27. The molecule has 1 aromatic heterocycles. The smallest absolute Gasteiger partial charge is 0.226 e. The molecule has 18 heavy (non-hydrogen) atoms. The first kappa shape index (κ1) is 11.4. The summed E-state index contributed by atoms with van der Waals surface area (Å²) < 4.78 is 11.4. The monoisotopic (exact) mass is 246 g/mol. The van der Waals surface area contributed by atoms with Gasteiger partial charge in [0, 0.05) is 19.2 Å². The van der Waals surface area contributed by atoms with Gasteiger partial charge < -0.3 is 14.4 Å². The van der Waals surface area contributed by atoms with Crippen molar-refractivity contribution in [2.24, 2.45) is 0 Å². The van der Waals surface area contributed by atoms with Gasteiger partial charge in [0.2, 0.25) is 5.95 Å². The zero-order valence-electron chi connectivity index (χ0n) is 10.0. The third kappa shape index (κ3) is 2.03. The first-order valence-corrected chi connectivity index (χ1v) is 6.07. The number of hydrogen-bond donors (Lipinski definition) is 0. The molecule has 2 aliphatic heterocycles. The van der Waals surface area contributed by atoms with Crippen LogP contribution in [-0.2, 0) is 9.47 Å². The van der Waals surface area contributed by atoms with Gasteiger partial charge in [-0.3, -0.25) is 0 Å². The second-order valence-corrected chi connectivity index (χ2v) is 4.49. The molecule has 3 rings (SSSR count). The molecule has 2 fully saturated rings. The Labute approximate surface area is 105 Å². The molecule has 0 amide bonds. The largest absolute Gasteiger partial charge is 0.346 e. The van der Waals surface area contributed by atoms with Crippen molar-refractivity contribution in [3.8, 4) is 6.07 Å². The summed E-state index contributed by atoms with van der Waals surface area (Å²) in [6, 6.07) is 3.63. The van der Waals surface area contributed by atoms with Gasteiger partial charge >= 0.3 is 0 Å². The van der Waals surface area contributed by atoms with Crippen molar-refractivity contribution in [3.63, 3.8) is 0 Å². The van der Waals surface area contributed by atoms with Gasteiger partial charge in [0.1, 0.15) is 11.8 Å². The number of rotatable bonds is 1. The fourth-order valence-electron chi connectivity index (χ4n) is 2.45. The molecule has 1 spiro atoms. The number of piperidine rings is 1. The van der Waals surface area contributed by atoms with Crippen LogP contribution in [0.25, 0.3) is 0 Å². The molecule has 6 nitrogen and oxygen atoms in total. The fourth-order valence-corrected chi connectivity index (χ4v) is 2.45. The molecule has 94 valence electrons. The van der Waals surface area contributed by atoms with E-state index in [2.05, 4.69) is 9.97 Å². The van der Waals surface area contributed by atoms with E-state index in [-0.39, 0.29) is 0 Å². The van der Waals surface area contributed by atoms with E-state index < -0.39 is 5.79 Å². The van der Waals surface area contributed by atoms with Crippen LogP contribution in [0.5, 0.6) is 0 Å². The van der Waals surface area contributed by atoms with E-state index in [1.807, 2.05) is 11.0 Å². The Morgan fingerprint density at radius 1 is 1.39 bits per heavy atom. The van der Waals surface area contributed by atoms with Crippen LogP contribution in [0.2, 0.25) is 0 Å². The minimum Gasteiger partial charge on any atom is -0.346 e. The quantitative estimate of drug-likeness (QED) is 0.726. The van der Waals surface area contributed by atoms with Gasteiger partial charge in [-0.25, -0.2) is 9.97 Å². The second kappa shape index (κ2) is 4.52. The summed E-state index contributed by atoms with van der Waals surface area (Å²) in [7, 11) is 0. The Hall–Kier alpha value is -1.71. The normalized spacial score (nSPS) is 22.1. The number of nitrogens with zero attached hydrogens (tertiary/aromatic N) is 4. The van der Waals surface area contributed by atoms with Gasteiger partial charge in [0.25, 0.3) is 0 Å². The standard InChI is InChI=1S/C12H14N4O2/c13-8-10-2-4-14-11(15-10)16-5-1-3-12(9-16)17-6-7-18-12/h2,4H,1,3,5-7,9H2. The summed E-state index contributed by atoms with van der Waals surface area (Å²) in [5.74, 6) is 0.0804. The highest BCUT2D eigenvalue weighted by Gasteiger charge is 2.41. The molecular weight excluding hydrogens is 232 g/mol. The molecule has 0 aromatic carbocycles. The van der Waals surface area contributed by atoms with Crippen molar-refractivity contribution in [1.82, 2.24) is 9.97 Å². The molecule has 0 N–H and O–H groups in total. The van der Waals surface area contributed by atoms with Gasteiger partial charge in [-0.1, -0.05) is 0 Å². The summed E-state index contributed by atoms with van der Waals surface area (Å²) in [4.78, 5) is 10.5. The number of anilines is 1. The molecule has 0 bridgehead atoms. The van der Waals surface area contributed by atoms with Gasteiger partial charge in [-0.2, -0.15) is 5.26 Å². The Balaban J connectivity index is 1.81. The predicted octanol–water partition coefficient (Wildman–Crippen LogP) is 0.692. The van der Waals surface area contributed by atoms with Crippen molar-refractivity contribution in [3.05, 3.63) is 18.0 Å². The maximum atomic E-state index is 8.86. The molecule has 2 aliphatic rings. The van der Waals surface area contributed by atoms with Crippen molar-refractivity contribution >= 4 is 5.95 Å². The van der Waals surface area contributed by atoms with E-state index >= 15 is 0 Å². The van der Waals surface area contributed by atoms with E-state index in [1.54, 1.807) is 12.3 Å². The topological polar surface area (TPSA) is 71.3 Å². The number of hydrogen-bond acceptors (Lipinski definition) is 6. The molecule has 2 saturated heterocycles. The van der Waals surface area contributed by atoms with Crippen LogP contribution in [0.4, 0.5) is 5.95 Å². The van der Waals surface area contributed by atoms with E-state index in [4.69, 9.17) is 14.7 Å². The summed E-state index contributed by atoms with van der Waals surface area (Å²) in [5.41, 5.74) is 0.382. The SMILES string of the molecule is N#Cc1ccnc(N2CCCC3(C2)OCCO3)n1. The molecule has 1 aromatic rings. The first-order chi connectivity index (χ1) is 8.81. The molecule has 0 unspecified atom stereocenters.